The van der Waals surface area contributed by atoms with Crippen molar-refractivity contribution in [2.24, 2.45) is 0 Å². The summed E-state index contributed by atoms with van der Waals surface area (Å²) in [5.41, 5.74) is 2.92. The summed E-state index contributed by atoms with van der Waals surface area (Å²) < 4.78 is 0. The molecule has 0 atom stereocenters. The zero-order chi connectivity index (χ0) is 11.6. The second kappa shape index (κ2) is 4.52. The Morgan fingerprint density at radius 2 is 2.31 bits per heavy atom. The molecule has 0 bridgehead atoms. The van der Waals surface area contributed by atoms with Crippen LogP contribution in [0.4, 0.5) is 0 Å². The van der Waals surface area contributed by atoms with Crippen molar-refractivity contribution in [1.29, 1.82) is 0 Å². The van der Waals surface area contributed by atoms with Gasteiger partial charge in [-0.15, -0.1) is 0 Å². The van der Waals surface area contributed by atoms with E-state index in [4.69, 9.17) is 0 Å². The summed E-state index contributed by atoms with van der Waals surface area (Å²) >= 11 is 0. The van der Waals surface area contributed by atoms with Crippen LogP contribution in [0.25, 0.3) is 0 Å². The average molecular weight is 219 g/mol. The lowest BCUT2D eigenvalue weighted by molar-refractivity contribution is 0.0824. The summed E-state index contributed by atoms with van der Waals surface area (Å²) in [6.07, 6.45) is 3.86. The molecule has 0 radical (unpaired) electrons. The average Bonchev–Trinajstić information content (AvgIpc) is 2.24. The maximum absolute atomic E-state index is 4.22. The van der Waals surface area contributed by atoms with Crippen LogP contribution in [0.5, 0.6) is 0 Å². The molecule has 1 aliphatic heterocycles. The molecule has 2 rings (SSSR count). The van der Waals surface area contributed by atoms with Gasteiger partial charge in [0.15, 0.2) is 0 Å². The quantitative estimate of drug-likeness (QED) is 0.818. The van der Waals surface area contributed by atoms with Crippen molar-refractivity contribution in [1.82, 2.24) is 15.2 Å². The Morgan fingerprint density at radius 3 is 3.00 bits per heavy atom. The SMILES string of the molecule is Cc1ccncc1CN1CCNCC1(C)C. The minimum absolute atomic E-state index is 0.237. The fourth-order valence-corrected chi connectivity index (χ4v) is 2.18. The first-order chi connectivity index (χ1) is 7.59. The van der Waals surface area contributed by atoms with Gasteiger partial charge in [-0.2, -0.15) is 0 Å². The summed E-state index contributed by atoms with van der Waals surface area (Å²) in [5.74, 6) is 0. The molecule has 3 heteroatoms. The highest BCUT2D eigenvalue weighted by molar-refractivity contribution is 5.21. The third-order valence-electron chi connectivity index (χ3n) is 3.48. The highest BCUT2D eigenvalue weighted by Crippen LogP contribution is 2.20. The molecule has 3 nitrogen and oxygen atoms in total. The van der Waals surface area contributed by atoms with Crippen molar-refractivity contribution >= 4 is 0 Å². The van der Waals surface area contributed by atoms with E-state index in [0.717, 1.165) is 26.2 Å². The minimum Gasteiger partial charge on any atom is -0.314 e. The topological polar surface area (TPSA) is 28.2 Å². The van der Waals surface area contributed by atoms with Gasteiger partial charge in [0, 0.05) is 44.1 Å². The molecule has 1 aliphatic rings. The van der Waals surface area contributed by atoms with E-state index in [0.29, 0.717) is 0 Å². The summed E-state index contributed by atoms with van der Waals surface area (Å²) in [6.45, 7) is 11.0. The Labute approximate surface area is 97.9 Å². The Morgan fingerprint density at radius 1 is 1.50 bits per heavy atom. The van der Waals surface area contributed by atoms with Crippen LogP contribution in [0.15, 0.2) is 18.5 Å². The Kier molecular flexibility index (Phi) is 3.26. The van der Waals surface area contributed by atoms with E-state index in [9.17, 15) is 0 Å². The first kappa shape index (κ1) is 11.6. The van der Waals surface area contributed by atoms with Crippen molar-refractivity contribution in [2.45, 2.75) is 32.9 Å². The van der Waals surface area contributed by atoms with E-state index < -0.39 is 0 Å². The molecule has 0 unspecified atom stereocenters. The van der Waals surface area contributed by atoms with Gasteiger partial charge in [-0.05, 0) is 38.0 Å². The third-order valence-corrected chi connectivity index (χ3v) is 3.48. The number of hydrogen-bond acceptors (Lipinski definition) is 3. The molecule has 88 valence electrons. The van der Waals surface area contributed by atoms with E-state index in [1.54, 1.807) is 0 Å². The Hall–Kier alpha value is -0.930. The van der Waals surface area contributed by atoms with Crippen molar-refractivity contribution in [3.05, 3.63) is 29.6 Å². The van der Waals surface area contributed by atoms with E-state index in [1.165, 1.54) is 11.1 Å². The normalized spacial score (nSPS) is 20.9. The molecule has 1 N–H and O–H groups in total. The highest BCUT2D eigenvalue weighted by Gasteiger charge is 2.29. The second-order valence-corrected chi connectivity index (χ2v) is 5.21. The molecule has 1 aromatic heterocycles. The van der Waals surface area contributed by atoms with Crippen molar-refractivity contribution in [3.63, 3.8) is 0 Å². The number of nitrogens with zero attached hydrogens (tertiary/aromatic N) is 2. The fraction of sp³-hybridized carbons (Fsp3) is 0.615. The molecular weight excluding hydrogens is 198 g/mol. The van der Waals surface area contributed by atoms with Crippen LogP contribution in [0.1, 0.15) is 25.0 Å². The maximum atomic E-state index is 4.22. The van der Waals surface area contributed by atoms with Gasteiger partial charge in [0.1, 0.15) is 0 Å². The molecule has 1 saturated heterocycles. The molecular formula is C13H21N3. The second-order valence-electron chi connectivity index (χ2n) is 5.21. The maximum Gasteiger partial charge on any atom is 0.0315 e. The molecule has 0 aromatic carbocycles. The first-order valence-corrected chi connectivity index (χ1v) is 5.95. The number of pyridine rings is 1. The number of rotatable bonds is 2. The van der Waals surface area contributed by atoms with Gasteiger partial charge in [-0.3, -0.25) is 9.88 Å². The van der Waals surface area contributed by atoms with Crippen LogP contribution in [0.3, 0.4) is 0 Å². The van der Waals surface area contributed by atoms with Crippen molar-refractivity contribution in [2.75, 3.05) is 19.6 Å². The molecule has 2 heterocycles. The predicted octanol–water partition coefficient (Wildman–Crippen LogP) is 1.57. The number of nitrogens with one attached hydrogen (secondary N) is 1. The highest BCUT2D eigenvalue weighted by atomic mass is 15.2. The van der Waals surface area contributed by atoms with E-state index in [1.807, 2.05) is 12.4 Å². The van der Waals surface area contributed by atoms with Crippen molar-refractivity contribution in [3.8, 4) is 0 Å². The van der Waals surface area contributed by atoms with Gasteiger partial charge in [0.2, 0.25) is 0 Å². The zero-order valence-corrected chi connectivity index (χ0v) is 10.5. The third kappa shape index (κ3) is 2.42. The predicted molar refractivity (Wildman–Crippen MR) is 66.3 cm³/mol. The van der Waals surface area contributed by atoms with Crippen LogP contribution >= 0.6 is 0 Å². The minimum atomic E-state index is 0.237. The fourth-order valence-electron chi connectivity index (χ4n) is 2.18. The number of aryl methyl sites for hydroxylation is 1. The van der Waals surface area contributed by atoms with E-state index in [2.05, 4.69) is 42.0 Å². The number of hydrogen-bond donors (Lipinski definition) is 1. The molecule has 0 aliphatic carbocycles. The van der Waals surface area contributed by atoms with Gasteiger partial charge in [-0.25, -0.2) is 0 Å². The lowest BCUT2D eigenvalue weighted by Gasteiger charge is -2.43. The molecule has 0 spiro atoms. The summed E-state index contributed by atoms with van der Waals surface area (Å²) in [5, 5.41) is 3.45. The molecule has 16 heavy (non-hydrogen) atoms. The van der Waals surface area contributed by atoms with Crippen LogP contribution < -0.4 is 5.32 Å². The van der Waals surface area contributed by atoms with Crippen molar-refractivity contribution < 1.29 is 0 Å². The summed E-state index contributed by atoms with van der Waals surface area (Å²) in [7, 11) is 0. The summed E-state index contributed by atoms with van der Waals surface area (Å²) in [6, 6.07) is 2.09. The molecule has 0 saturated carbocycles. The van der Waals surface area contributed by atoms with Gasteiger partial charge in [0.25, 0.3) is 0 Å². The molecule has 0 amide bonds. The van der Waals surface area contributed by atoms with Gasteiger partial charge < -0.3 is 5.32 Å². The summed E-state index contributed by atoms with van der Waals surface area (Å²) in [4.78, 5) is 6.75. The molecule has 1 aromatic rings. The largest absolute Gasteiger partial charge is 0.314 e. The lowest BCUT2D eigenvalue weighted by Crippen LogP contribution is -2.57. The van der Waals surface area contributed by atoms with Crippen LogP contribution in [0, 0.1) is 6.92 Å². The van der Waals surface area contributed by atoms with E-state index >= 15 is 0 Å². The number of aromatic nitrogens is 1. The Bertz CT molecular complexity index is 360. The van der Waals surface area contributed by atoms with Crippen LogP contribution in [-0.4, -0.2) is 35.1 Å². The first-order valence-electron chi connectivity index (χ1n) is 5.95. The Balaban J connectivity index is 2.12. The van der Waals surface area contributed by atoms with Gasteiger partial charge in [-0.1, -0.05) is 0 Å². The van der Waals surface area contributed by atoms with Gasteiger partial charge in [0.05, 0.1) is 0 Å². The van der Waals surface area contributed by atoms with Gasteiger partial charge >= 0.3 is 0 Å². The van der Waals surface area contributed by atoms with Crippen LogP contribution in [-0.2, 0) is 6.54 Å². The zero-order valence-electron chi connectivity index (χ0n) is 10.5. The molecule has 1 fully saturated rings. The van der Waals surface area contributed by atoms with Crippen LogP contribution in [0.2, 0.25) is 0 Å². The standard InChI is InChI=1S/C13H21N3/c1-11-4-5-14-8-12(11)9-16-7-6-15-10-13(16,2)3/h4-5,8,15H,6-7,9-10H2,1-3H3. The lowest BCUT2D eigenvalue weighted by atomic mass is 9.99. The smallest absolute Gasteiger partial charge is 0.0315 e. The van der Waals surface area contributed by atoms with E-state index in [-0.39, 0.29) is 5.54 Å². The monoisotopic (exact) mass is 219 g/mol. The number of piperazine rings is 1.